The van der Waals surface area contributed by atoms with Gasteiger partial charge in [0.15, 0.2) is 6.10 Å². The van der Waals surface area contributed by atoms with E-state index in [-0.39, 0.29) is 29.3 Å². The van der Waals surface area contributed by atoms with E-state index >= 15 is 0 Å². The van der Waals surface area contributed by atoms with E-state index in [0.29, 0.717) is 30.0 Å². The average Bonchev–Trinajstić information content (AvgIpc) is 2.80. The fraction of sp³-hybridized carbons (Fsp3) is 0.364. The predicted molar refractivity (Wildman–Crippen MR) is 110 cm³/mol. The molecule has 0 spiro atoms. The minimum atomic E-state index is -0.619. The lowest BCUT2D eigenvalue weighted by atomic mass is 10.1. The summed E-state index contributed by atoms with van der Waals surface area (Å²) < 4.78 is 19.3. The number of nitrogens with one attached hydrogen (secondary N) is 1. The molecule has 29 heavy (non-hydrogen) atoms. The molecule has 7 heteroatoms. The molecule has 0 aliphatic carbocycles. The summed E-state index contributed by atoms with van der Waals surface area (Å²) >= 11 is 6.16. The summed E-state index contributed by atoms with van der Waals surface area (Å²) in [6, 6.07) is 9.50. The topological polar surface area (TPSA) is 58.6 Å². The molecule has 2 aromatic rings. The van der Waals surface area contributed by atoms with Crippen LogP contribution in [0, 0.1) is 11.7 Å². The molecule has 1 N–H and O–H groups in total. The lowest BCUT2D eigenvalue weighted by molar-refractivity contribution is -0.139. The number of rotatable bonds is 5. The van der Waals surface area contributed by atoms with Crippen LogP contribution in [0.25, 0.3) is 0 Å². The van der Waals surface area contributed by atoms with Crippen molar-refractivity contribution in [2.75, 3.05) is 5.32 Å². The van der Waals surface area contributed by atoms with Crippen molar-refractivity contribution in [2.24, 2.45) is 5.92 Å². The predicted octanol–water partition coefficient (Wildman–Crippen LogP) is 4.77. The van der Waals surface area contributed by atoms with Gasteiger partial charge in [0.2, 0.25) is 5.91 Å². The van der Waals surface area contributed by atoms with Crippen LogP contribution >= 0.6 is 11.6 Å². The summed E-state index contributed by atoms with van der Waals surface area (Å²) in [5.74, 6) is -0.200. The van der Waals surface area contributed by atoms with Gasteiger partial charge >= 0.3 is 0 Å². The van der Waals surface area contributed by atoms with Gasteiger partial charge in [0.25, 0.3) is 5.91 Å². The highest BCUT2D eigenvalue weighted by molar-refractivity contribution is 6.31. The monoisotopic (exact) mass is 418 g/mol. The molecular weight excluding hydrogens is 395 g/mol. The highest BCUT2D eigenvalue weighted by Crippen LogP contribution is 2.31. The molecule has 0 radical (unpaired) electrons. The van der Waals surface area contributed by atoms with E-state index in [1.165, 1.54) is 12.1 Å². The van der Waals surface area contributed by atoms with Crippen LogP contribution in [0.4, 0.5) is 10.1 Å². The van der Waals surface area contributed by atoms with Crippen LogP contribution < -0.4 is 10.1 Å². The molecule has 1 aliphatic heterocycles. The first kappa shape index (κ1) is 21.1. The van der Waals surface area contributed by atoms with Crippen LogP contribution in [0.2, 0.25) is 5.02 Å². The summed E-state index contributed by atoms with van der Waals surface area (Å²) in [4.78, 5) is 26.7. The zero-order chi connectivity index (χ0) is 21.1. The van der Waals surface area contributed by atoms with Gasteiger partial charge in [-0.3, -0.25) is 9.59 Å². The van der Waals surface area contributed by atoms with Crippen molar-refractivity contribution >= 4 is 29.1 Å². The van der Waals surface area contributed by atoms with Gasteiger partial charge in [-0.1, -0.05) is 38.4 Å². The van der Waals surface area contributed by atoms with Gasteiger partial charge in [-0.05, 0) is 42.3 Å². The third-order valence-electron chi connectivity index (χ3n) is 4.82. The lowest BCUT2D eigenvalue weighted by Crippen LogP contribution is -2.38. The van der Waals surface area contributed by atoms with E-state index in [0.717, 1.165) is 5.56 Å². The van der Waals surface area contributed by atoms with Gasteiger partial charge in [-0.25, -0.2) is 4.39 Å². The first-order valence-electron chi connectivity index (χ1n) is 9.61. The molecular formula is C22H24ClFN2O3. The highest BCUT2D eigenvalue weighted by Gasteiger charge is 2.30. The van der Waals surface area contributed by atoms with Crippen molar-refractivity contribution in [1.82, 2.24) is 4.90 Å². The molecule has 1 heterocycles. The molecule has 3 rings (SSSR count). The van der Waals surface area contributed by atoms with Gasteiger partial charge in [-0.15, -0.1) is 0 Å². The van der Waals surface area contributed by atoms with Crippen molar-refractivity contribution in [2.45, 2.75) is 46.4 Å². The number of carbonyl (C=O) groups is 2. The van der Waals surface area contributed by atoms with E-state index in [1.54, 1.807) is 23.1 Å². The Morgan fingerprint density at radius 1 is 1.31 bits per heavy atom. The Bertz CT molecular complexity index is 932. The quantitative estimate of drug-likeness (QED) is 0.760. The Kier molecular flexibility index (Phi) is 6.42. The second-order valence-corrected chi connectivity index (χ2v) is 7.82. The Morgan fingerprint density at radius 2 is 2.07 bits per heavy atom. The normalized spacial score (nSPS) is 16.3. The van der Waals surface area contributed by atoms with E-state index < -0.39 is 11.9 Å². The molecule has 0 fully saturated rings. The second-order valence-electron chi connectivity index (χ2n) is 7.41. The zero-order valence-electron chi connectivity index (χ0n) is 16.7. The fourth-order valence-corrected chi connectivity index (χ4v) is 3.35. The number of amides is 2. The van der Waals surface area contributed by atoms with Crippen LogP contribution in [0.5, 0.6) is 5.75 Å². The summed E-state index contributed by atoms with van der Waals surface area (Å²) in [7, 11) is 0. The SMILES string of the molecule is CC[C@@H]1Oc2ccc(NC(=O)C(C)C)cc2CN(Cc2ccc(F)cc2Cl)C1=O. The Morgan fingerprint density at radius 3 is 2.72 bits per heavy atom. The zero-order valence-corrected chi connectivity index (χ0v) is 17.4. The third-order valence-corrected chi connectivity index (χ3v) is 5.17. The number of nitrogens with zero attached hydrogens (tertiary/aromatic N) is 1. The van der Waals surface area contributed by atoms with Gasteiger partial charge in [-0.2, -0.15) is 0 Å². The van der Waals surface area contributed by atoms with Crippen LogP contribution in [-0.2, 0) is 22.7 Å². The first-order valence-corrected chi connectivity index (χ1v) is 9.99. The van der Waals surface area contributed by atoms with E-state index in [1.807, 2.05) is 26.8 Å². The van der Waals surface area contributed by atoms with Crippen LogP contribution in [0.1, 0.15) is 38.3 Å². The van der Waals surface area contributed by atoms with Crippen molar-refractivity contribution in [3.8, 4) is 5.75 Å². The number of halogens is 2. The fourth-order valence-electron chi connectivity index (χ4n) is 3.12. The molecule has 0 saturated carbocycles. The number of anilines is 1. The molecule has 0 bridgehead atoms. The Labute approximate surface area is 174 Å². The lowest BCUT2D eigenvalue weighted by Gasteiger charge is -2.24. The maximum atomic E-state index is 13.4. The Hall–Kier alpha value is -2.60. The molecule has 5 nitrogen and oxygen atoms in total. The molecule has 1 atom stereocenters. The maximum absolute atomic E-state index is 13.4. The van der Waals surface area contributed by atoms with Gasteiger partial charge in [0, 0.05) is 35.3 Å². The number of hydrogen-bond donors (Lipinski definition) is 1. The summed E-state index contributed by atoms with van der Waals surface area (Å²) in [5, 5.41) is 3.14. The van der Waals surface area contributed by atoms with E-state index in [9.17, 15) is 14.0 Å². The van der Waals surface area contributed by atoms with Gasteiger partial charge in [0.05, 0.1) is 0 Å². The average molecular weight is 419 g/mol. The van der Waals surface area contributed by atoms with Crippen molar-refractivity contribution < 1.29 is 18.7 Å². The number of hydrogen-bond acceptors (Lipinski definition) is 3. The third kappa shape index (κ3) is 4.88. The standard InChI is InChI=1S/C22H24ClFN2O3/c1-4-19-22(28)26(11-14-5-6-16(24)10-18(14)23)12-15-9-17(7-8-20(15)29-19)25-21(27)13(2)3/h5-10,13,19H,4,11-12H2,1-3H3,(H,25,27)/t19-/m0/s1. The first-order chi connectivity index (χ1) is 13.8. The minimum absolute atomic E-state index is 0.0862. The van der Waals surface area contributed by atoms with Gasteiger partial charge < -0.3 is 15.0 Å². The van der Waals surface area contributed by atoms with E-state index in [2.05, 4.69) is 5.32 Å². The Balaban J connectivity index is 1.91. The molecule has 0 aromatic heterocycles. The summed E-state index contributed by atoms with van der Waals surface area (Å²) in [5.41, 5.74) is 2.09. The number of benzene rings is 2. The summed E-state index contributed by atoms with van der Waals surface area (Å²) in [6.45, 7) is 6.05. The smallest absolute Gasteiger partial charge is 0.264 e. The van der Waals surface area contributed by atoms with Crippen molar-refractivity contribution in [3.05, 3.63) is 58.4 Å². The molecule has 2 aromatic carbocycles. The maximum Gasteiger partial charge on any atom is 0.264 e. The van der Waals surface area contributed by atoms with Crippen molar-refractivity contribution in [3.63, 3.8) is 0 Å². The van der Waals surface area contributed by atoms with E-state index in [4.69, 9.17) is 16.3 Å². The van der Waals surface area contributed by atoms with Crippen LogP contribution in [-0.4, -0.2) is 22.8 Å². The van der Waals surface area contributed by atoms with Crippen LogP contribution in [0.3, 0.4) is 0 Å². The van der Waals surface area contributed by atoms with Crippen molar-refractivity contribution in [1.29, 1.82) is 0 Å². The minimum Gasteiger partial charge on any atom is -0.480 e. The van der Waals surface area contributed by atoms with Gasteiger partial charge in [0.1, 0.15) is 11.6 Å². The molecule has 0 saturated heterocycles. The number of carbonyl (C=O) groups excluding carboxylic acids is 2. The molecule has 2 amide bonds. The largest absolute Gasteiger partial charge is 0.480 e. The second kappa shape index (κ2) is 8.82. The molecule has 1 aliphatic rings. The highest BCUT2D eigenvalue weighted by atomic mass is 35.5. The molecule has 154 valence electrons. The number of ether oxygens (including phenoxy) is 1. The number of fused-ring (bicyclic) bond motifs is 1. The molecule has 0 unspecified atom stereocenters. The summed E-state index contributed by atoms with van der Waals surface area (Å²) in [6.07, 6.45) is -0.107. The van der Waals surface area contributed by atoms with Crippen LogP contribution in [0.15, 0.2) is 36.4 Å².